The fourth-order valence-electron chi connectivity index (χ4n) is 2.51. The van der Waals surface area contributed by atoms with Crippen LogP contribution in [0.3, 0.4) is 0 Å². The highest BCUT2D eigenvalue weighted by molar-refractivity contribution is 9.10. The van der Waals surface area contributed by atoms with Gasteiger partial charge in [-0.1, -0.05) is 18.7 Å². The Kier molecular flexibility index (Phi) is 4.85. The van der Waals surface area contributed by atoms with Gasteiger partial charge in [0.05, 0.1) is 19.0 Å². The first-order valence-electron chi connectivity index (χ1n) is 7.65. The molecule has 0 bridgehead atoms. The molecule has 5 nitrogen and oxygen atoms in total. The fourth-order valence-corrected chi connectivity index (χ4v) is 2.89. The molecule has 6 heteroatoms. The van der Waals surface area contributed by atoms with Crippen molar-refractivity contribution in [2.45, 2.75) is 13.3 Å². The third-order valence-corrected chi connectivity index (χ3v) is 4.15. The van der Waals surface area contributed by atoms with Crippen molar-refractivity contribution in [1.82, 2.24) is 14.4 Å². The van der Waals surface area contributed by atoms with Gasteiger partial charge in [0.1, 0.15) is 10.4 Å². The molecule has 2 heterocycles. The first-order valence-corrected chi connectivity index (χ1v) is 8.44. The molecular weight excluding hydrogens is 368 g/mol. The van der Waals surface area contributed by atoms with Gasteiger partial charge in [-0.25, -0.2) is 9.97 Å². The molecule has 0 aliphatic heterocycles. The summed E-state index contributed by atoms with van der Waals surface area (Å²) in [5.41, 5.74) is 3.97. The number of anilines is 1. The number of hydrogen-bond donors (Lipinski definition) is 1. The van der Waals surface area contributed by atoms with E-state index >= 15 is 0 Å². The molecule has 1 N–H and O–H groups in total. The van der Waals surface area contributed by atoms with Gasteiger partial charge in [0.15, 0.2) is 11.5 Å². The number of ether oxygens (including phenoxy) is 1. The predicted molar refractivity (Wildman–Crippen MR) is 101 cm³/mol. The Morgan fingerprint density at radius 3 is 2.75 bits per heavy atom. The minimum Gasteiger partial charge on any atom is -0.497 e. The second-order valence-electron chi connectivity index (χ2n) is 5.55. The Morgan fingerprint density at radius 2 is 2.08 bits per heavy atom. The molecule has 3 rings (SSSR count). The molecule has 0 amide bonds. The Bertz CT molecular complexity index is 871. The number of aromatic nitrogens is 3. The number of imidazole rings is 1. The monoisotopic (exact) mass is 386 g/mol. The summed E-state index contributed by atoms with van der Waals surface area (Å²) < 4.78 is 7.92. The van der Waals surface area contributed by atoms with Gasteiger partial charge in [-0.3, -0.25) is 4.40 Å². The van der Waals surface area contributed by atoms with Crippen molar-refractivity contribution in [1.29, 1.82) is 0 Å². The van der Waals surface area contributed by atoms with Crippen molar-refractivity contribution in [2.24, 2.45) is 0 Å². The van der Waals surface area contributed by atoms with Crippen LogP contribution in [0.4, 0.5) is 5.82 Å². The molecule has 1 aromatic carbocycles. The molecule has 0 saturated carbocycles. The summed E-state index contributed by atoms with van der Waals surface area (Å²) in [5.74, 6) is 1.62. The average molecular weight is 387 g/mol. The van der Waals surface area contributed by atoms with Crippen LogP contribution in [0, 0.1) is 0 Å². The SMILES string of the molecule is C=C(C)c1cnc2c(NCCc3ccc(OC)cc3)nc(Br)cn12. The van der Waals surface area contributed by atoms with E-state index in [2.05, 4.69) is 49.9 Å². The van der Waals surface area contributed by atoms with Gasteiger partial charge in [-0.2, -0.15) is 0 Å². The van der Waals surface area contributed by atoms with E-state index in [4.69, 9.17) is 4.74 Å². The van der Waals surface area contributed by atoms with Gasteiger partial charge in [-0.05, 0) is 52.5 Å². The second kappa shape index (κ2) is 7.05. The van der Waals surface area contributed by atoms with Gasteiger partial charge in [0.25, 0.3) is 0 Å². The van der Waals surface area contributed by atoms with Crippen LogP contribution in [0.2, 0.25) is 0 Å². The number of hydrogen-bond acceptors (Lipinski definition) is 4. The Hall–Kier alpha value is -2.34. The van der Waals surface area contributed by atoms with Crippen molar-refractivity contribution >= 4 is 33.0 Å². The van der Waals surface area contributed by atoms with Crippen LogP contribution in [0.15, 0.2) is 47.8 Å². The number of benzene rings is 1. The highest BCUT2D eigenvalue weighted by Crippen LogP contribution is 2.22. The highest BCUT2D eigenvalue weighted by atomic mass is 79.9. The van der Waals surface area contributed by atoms with E-state index in [1.165, 1.54) is 5.56 Å². The molecule has 0 fully saturated rings. The Labute approximate surface area is 149 Å². The Balaban J connectivity index is 1.76. The van der Waals surface area contributed by atoms with Crippen LogP contribution in [0.5, 0.6) is 5.75 Å². The maximum atomic E-state index is 5.18. The molecule has 0 aliphatic carbocycles. The van der Waals surface area contributed by atoms with Gasteiger partial charge in [-0.15, -0.1) is 0 Å². The van der Waals surface area contributed by atoms with Crippen molar-refractivity contribution in [3.63, 3.8) is 0 Å². The van der Waals surface area contributed by atoms with Gasteiger partial charge < -0.3 is 10.1 Å². The maximum Gasteiger partial charge on any atom is 0.180 e. The van der Waals surface area contributed by atoms with Crippen LogP contribution in [-0.2, 0) is 6.42 Å². The van der Waals surface area contributed by atoms with Crippen LogP contribution in [0.25, 0.3) is 11.2 Å². The smallest absolute Gasteiger partial charge is 0.180 e. The van der Waals surface area contributed by atoms with E-state index in [1.807, 2.05) is 35.9 Å². The van der Waals surface area contributed by atoms with Gasteiger partial charge >= 0.3 is 0 Å². The highest BCUT2D eigenvalue weighted by Gasteiger charge is 2.10. The maximum absolute atomic E-state index is 5.18. The summed E-state index contributed by atoms with van der Waals surface area (Å²) >= 11 is 3.46. The Morgan fingerprint density at radius 1 is 1.33 bits per heavy atom. The minimum atomic E-state index is 0.752. The zero-order chi connectivity index (χ0) is 17.1. The largest absolute Gasteiger partial charge is 0.497 e. The number of halogens is 1. The third kappa shape index (κ3) is 3.43. The molecule has 3 aromatic rings. The lowest BCUT2D eigenvalue weighted by molar-refractivity contribution is 0.414. The van der Waals surface area contributed by atoms with Gasteiger partial charge in [0, 0.05) is 12.7 Å². The lowest BCUT2D eigenvalue weighted by atomic mass is 10.1. The van der Waals surface area contributed by atoms with Crippen molar-refractivity contribution in [3.05, 3.63) is 59.1 Å². The molecule has 0 radical (unpaired) electrons. The number of rotatable bonds is 6. The number of nitrogens with one attached hydrogen (secondary N) is 1. The van der Waals surface area contributed by atoms with Crippen LogP contribution < -0.4 is 10.1 Å². The van der Waals surface area contributed by atoms with Crippen LogP contribution >= 0.6 is 15.9 Å². The third-order valence-electron chi connectivity index (χ3n) is 3.77. The average Bonchev–Trinajstić information content (AvgIpc) is 2.99. The van der Waals surface area contributed by atoms with Crippen LogP contribution in [0.1, 0.15) is 18.2 Å². The lowest BCUT2D eigenvalue weighted by Gasteiger charge is -2.09. The van der Waals surface area contributed by atoms with E-state index < -0.39 is 0 Å². The topological polar surface area (TPSA) is 51.5 Å². The van der Waals surface area contributed by atoms with E-state index in [0.29, 0.717) is 0 Å². The molecular formula is C18H19BrN4O. The quantitative estimate of drug-likeness (QED) is 0.689. The summed E-state index contributed by atoms with van der Waals surface area (Å²) in [6, 6.07) is 8.08. The molecule has 0 atom stereocenters. The van der Waals surface area contributed by atoms with Crippen molar-refractivity contribution < 1.29 is 4.74 Å². The minimum absolute atomic E-state index is 0.752. The molecule has 0 spiro atoms. The summed E-state index contributed by atoms with van der Waals surface area (Å²) in [4.78, 5) is 8.97. The van der Waals surface area contributed by atoms with E-state index in [0.717, 1.165) is 46.1 Å². The van der Waals surface area contributed by atoms with E-state index in [9.17, 15) is 0 Å². The molecule has 24 heavy (non-hydrogen) atoms. The fraction of sp³-hybridized carbons (Fsp3) is 0.222. The summed E-state index contributed by atoms with van der Waals surface area (Å²) in [7, 11) is 1.67. The zero-order valence-electron chi connectivity index (χ0n) is 13.7. The van der Waals surface area contributed by atoms with Crippen molar-refractivity contribution in [2.75, 3.05) is 19.0 Å². The number of methoxy groups -OCH3 is 1. The second-order valence-corrected chi connectivity index (χ2v) is 6.37. The molecule has 2 aromatic heterocycles. The molecule has 0 unspecified atom stereocenters. The lowest BCUT2D eigenvalue weighted by Crippen LogP contribution is -2.08. The van der Waals surface area contributed by atoms with Crippen LogP contribution in [-0.4, -0.2) is 28.0 Å². The van der Waals surface area contributed by atoms with Gasteiger partial charge in [0.2, 0.25) is 0 Å². The predicted octanol–water partition coefficient (Wildman–Crippen LogP) is 4.19. The van der Waals surface area contributed by atoms with E-state index in [-0.39, 0.29) is 0 Å². The molecule has 0 saturated heterocycles. The first-order chi connectivity index (χ1) is 11.6. The summed E-state index contributed by atoms with van der Waals surface area (Å²) in [6.45, 7) is 6.73. The molecule has 124 valence electrons. The number of nitrogens with zero attached hydrogens (tertiary/aromatic N) is 3. The number of allylic oxidation sites excluding steroid dienone is 1. The first kappa shape index (κ1) is 16.5. The normalized spacial score (nSPS) is 10.8. The number of fused-ring (bicyclic) bond motifs is 1. The zero-order valence-corrected chi connectivity index (χ0v) is 15.3. The van der Waals surface area contributed by atoms with Crippen molar-refractivity contribution in [3.8, 4) is 5.75 Å². The standard InChI is InChI=1S/C18H19BrN4O/c1-12(2)15-10-21-18-17(22-16(19)11-23(15)18)20-9-8-13-4-6-14(24-3)7-5-13/h4-7,10-11H,1,8-9H2,2-3H3,(H,20,22). The molecule has 0 aliphatic rings. The van der Waals surface area contributed by atoms with E-state index in [1.54, 1.807) is 7.11 Å². The summed E-state index contributed by atoms with van der Waals surface area (Å²) in [6.07, 6.45) is 4.61. The summed E-state index contributed by atoms with van der Waals surface area (Å²) in [5, 5.41) is 3.37.